The van der Waals surface area contributed by atoms with E-state index in [1.165, 1.54) is 12.1 Å². The third-order valence-corrected chi connectivity index (χ3v) is 5.83. The van der Waals surface area contributed by atoms with Crippen LogP contribution < -0.4 is 5.32 Å². The first kappa shape index (κ1) is 19.7. The maximum atomic E-state index is 13.7. The Labute approximate surface area is 183 Å². The van der Waals surface area contributed by atoms with Crippen LogP contribution in [0.25, 0.3) is 16.5 Å². The third-order valence-electron chi connectivity index (χ3n) is 5.83. The number of fused-ring (bicyclic) bond motifs is 2. The molecule has 1 aromatic heterocycles. The largest absolute Gasteiger partial charge is 0.478 e. The molecule has 0 aliphatic carbocycles. The van der Waals surface area contributed by atoms with Gasteiger partial charge in [-0.05, 0) is 42.0 Å². The number of anilines is 1. The minimum absolute atomic E-state index is 0.0412. The lowest BCUT2D eigenvalue weighted by molar-refractivity contribution is -0.116. The number of hydrogen-bond donors (Lipinski definition) is 2. The van der Waals surface area contributed by atoms with Gasteiger partial charge in [0.25, 0.3) is 0 Å². The standard InChI is InChI=1S/C25H19N3O4/c1-14-22-20(23(30)19-8-4-6-15-5-2-3-7-18(15)19)13-21(29)26-24(22)28(27-14)17-11-9-16(10-12-17)25(31)32/h2-12,20H,13H2,1H3,(H,26,29)(H,31,32). The monoisotopic (exact) mass is 425 g/mol. The summed E-state index contributed by atoms with van der Waals surface area (Å²) in [5.41, 5.74) is 2.65. The minimum Gasteiger partial charge on any atom is -0.478 e. The number of amides is 1. The number of rotatable bonds is 4. The van der Waals surface area contributed by atoms with Crippen molar-refractivity contribution < 1.29 is 19.5 Å². The van der Waals surface area contributed by atoms with Gasteiger partial charge in [0.2, 0.25) is 5.91 Å². The van der Waals surface area contributed by atoms with Crippen LogP contribution in [0.2, 0.25) is 0 Å². The molecule has 32 heavy (non-hydrogen) atoms. The van der Waals surface area contributed by atoms with Crippen LogP contribution in [0.1, 0.15) is 44.3 Å². The summed E-state index contributed by atoms with van der Waals surface area (Å²) in [7, 11) is 0. The second-order valence-electron chi connectivity index (χ2n) is 7.81. The van der Waals surface area contributed by atoms with Crippen molar-refractivity contribution in [3.05, 3.63) is 89.1 Å². The maximum Gasteiger partial charge on any atom is 0.335 e. The summed E-state index contributed by atoms with van der Waals surface area (Å²) in [5.74, 6) is -1.62. The van der Waals surface area contributed by atoms with Crippen molar-refractivity contribution in [2.24, 2.45) is 0 Å². The van der Waals surface area contributed by atoms with Gasteiger partial charge in [0, 0.05) is 17.5 Å². The van der Waals surface area contributed by atoms with Crippen LogP contribution in [0.15, 0.2) is 66.7 Å². The van der Waals surface area contributed by atoms with Gasteiger partial charge in [-0.15, -0.1) is 0 Å². The summed E-state index contributed by atoms with van der Waals surface area (Å²) >= 11 is 0. The van der Waals surface area contributed by atoms with Crippen LogP contribution >= 0.6 is 0 Å². The lowest BCUT2D eigenvalue weighted by atomic mass is 9.84. The van der Waals surface area contributed by atoms with Gasteiger partial charge in [-0.3, -0.25) is 9.59 Å². The minimum atomic E-state index is -1.02. The highest BCUT2D eigenvalue weighted by atomic mass is 16.4. The average molecular weight is 425 g/mol. The molecule has 7 nitrogen and oxygen atoms in total. The Bertz CT molecular complexity index is 1400. The molecule has 2 heterocycles. The van der Waals surface area contributed by atoms with Crippen LogP contribution in [-0.4, -0.2) is 32.5 Å². The quantitative estimate of drug-likeness (QED) is 0.474. The van der Waals surface area contributed by atoms with Gasteiger partial charge in [0.1, 0.15) is 5.82 Å². The van der Waals surface area contributed by atoms with Gasteiger partial charge in [0.05, 0.1) is 22.9 Å². The number of carboxylic acid groups (broad SMARTS) is 1. The summed E-state index contributed by atoms with van der Waals surface area (Å²) in [6, 6.07) is 19.5. The van der Waals surface area contributed by atoms with E-state index < -0.39 is 11.9 Å². The van der Waals surface area contributed by atoms with Crippen molar-refractivity contribution in [3.8, 4) is 5.69 Å². The zero-order chi connectivity index (χ0) is 22.4. The molecule has 1 atom stereocenters. The molecule has 0 saturated carbocycles. The van der Waals surface area contributed by atoms with Gasteiger partial charge in [-0.1, -0.05) is 42.5 Å². The molecule has 158 valence electrons. The molecular formula is C25H19N3O4. The second kappa shape index (κ2) is 7.46. The Morgan fingerprint density at radius 1 is 1.03 bits per heavy atom. The lowest BCUT2D eigenvalue weighted by Gasteiger charge is -2.23. The van der Waals surface area contributed by atoms with Crippen molar-refractivity contribution >= 4 is 34.3 Å². The molecule has 0 radical (unpaired) electrons. The molecule has 3 aromatic carbocycles. The molecule has 7 heteroatoms. The van der Waals surface area contributed by atoms with Crippen molar-refractivity contribution in [3.63, 3.8) is 0 Å². The Balaban J connectivity index is 1.61. The van der Waals surface area contributed by atoms with Crippen LogP contribution in [-0.2, 0) is 4.79 Å². The Morgan fingerprint density at radius 3 is 2.50 bits per heavy atom. The highest BCUT2D eigenvalue weighted by Crippen LogP contribution is 2.39. The zero-order valence-electron chi connectivity index (χ0n) is 17.2. The summed E-state index contributed by atoms with van der Waals surface area (Å²) in [6.45, 7) is 1.81. The van der Waals surface area contributed by atoms with Crippen molar-refractivity contribution in [1.29, 1.82) is 0 Å². The number of carbonyl (C=O) groups is 3. The average Bonchev–Trinajstić information content (AvgIpc) is 3.13. The first-order valence-electron chi connectivity index (χ1n) is 10.2. The number of aryl methyl sites for hydroxylation is 1. The van der Waals surface area contributed by atoms with E-state index in [1.807, 2.05) is 43.3 Å². The molecule has 1 aliphatic heterocycles. The molecule has 4 aromatic rings. The normalized spacial score (nSPS) is 15.3. The number of hydrogen-bond acceptors (Lipinski definition) is 4. The highest BCUT2D eigenvalue weighted by molar-refractivity contribution is 6.14. The fourth-order valence-corrected chi connectivity index (χ4v) is 4.33. The predicted molar refractivity (Wildman–Crippen MR) is 120 cm³/mol. The number of ketones is 1. The number of carbonyl (C=O) groups excluding carboxylic acids is 2. The van der Waals surface area contributed by atoms with Crippen LogP contribution in [0, 0.1) is 6.92 Å². The van der Waals surface area contributed by atoms with Gasteiger partial charge in [-0.2, -0.15) is 5.10 Å². The Kier molecular flexibility index (Phi) is 4.59. The summed E-state index contributed by atoms with van der Waals surface area (Å²) in [4.78, 5) is 37.4. The SMILES string of the molecule is Cc1nn(-c2ccc(C(=O)O)cc2)c2c1C(C(=O)c1cccc3ccccc13)CC(=O)N2. The first-order valence-corrected chi connectivity index (χ1v) is 10.2. The second-order valence-corrected chi connectivity index (χ2v) is 7.81. The van der Waals surface area contributed by atoms with Gasteiger partial charge < -0.3 is 10.4 Å². The van der Waals surface area contributed by atoms with Gasteiger partial charge in [0.15, 0.2) is 5.78 Å². The van der Waals surface area contributed by atoms with E-state index in [2.05, 4.69) is 10.4 Å². The molecule has 0 saturated heterocycles. The van der Waals surface area contributed by atoms with E-state index >= 15 is 0 Å². The fourth-order valence-electron chi connectivity index (χ4n) is 4.33. The van der Waals surface area contributed by atoms with E-state index in [0.29, 0.717) is 28.3 Å². The first-order chi connectivity index (χ1) is 15.4. The number of benzene rings is 3. The van der Waals surface area contributed by atoms with Gasteiger partial charge >= 0.3 is 5.97 Å². The predicted octanol–water partition coefficient (Wildman–Crippen LogP) is 4.34. The number of aromatic carboxylic acids is 1. The molecule has 1 unspecified atom stereocenters. The number of nitrogens with zero attached hydrogens (tertiary/aromatic N) is 2. The topological polar surface area (TPSA) is 101 Å². The fraction of sp³-hybridized carbons (Fsp3) is 0.120. The number of Topliss-reactive ketones (excluding diaryl/α,β-unsaturated/α-hetero) is 1. The molecular weight excluding hydrogens is 406 g/mol. The van der Waals surface area contributed by atoms with E-state index in [-0.39, 0.29) is 23.7 Å². The maximum absolute atomic E-state index is 13.7. The van der Waals surface area contributed by atoms with Crippen molar-refractivity contribution in [1.82, 2.24) is 9.78 Å². The van der Waals surface area contributed by atoms with E-state index in [0.717, 1.165) is 10.8 Å². The van der Waals surface area contributed by atoms with Crippen LogP contribution in [0.3, 0.4) is 0 Å². The van der Waals surface area contributed by atoms with E-state index in [9.17, 15) is 14.4 Å². The van der Waals surface area contributed by atoms with Gasteiger partial charge in [-0.25, -0.2) is 9.48 Å². The lowest BCUT2D eigenvalue weighted by Crippen LogP contribution is -2.28. The molecule has 1 amide bonds. The molecule has 5 rings (SSSR count). The van der Waals surface area contributed by atoms with Crippen molar-refractivity contribution in [2.75, 3.05) is 5.32 Å². The summed E-state index contributed by atoms with van der Waals surface area (Å²) < 4.78 is 1.55. The molecule has 2 N–H and O–H groups in total. The summed E-state index contributed by atoms with van der Waals surface area (Å²) in [6.07, 6.45) is 0.0412. The van der Waals surface area contributed by atoms with Crippen molar-refractivity contribution in [2.45, 2.75) is 19.3 Å². The highest BCUT2D eigenvalue weighted by Gasteiger charge is 2.36. The third kappa shape index (κ3) is 3.15. The van der Waals surface area contributed by atoms with Crippen LogP contribution in [0.4, 0.5) is 5.82 Å². The smallest absolute Gasteiger partial charge is 0.335 e. The molecule has 1 aliphatic rings. The van der Waals surface area contributed by atoms with E-state index in [1.54, 1.807) is 22.9 Å². The molecule has 0 fully saturated rings. The Morgan fingerprint density at radius 2 is 1.75 bits per heavy atom. The number of carboxylic acids is 1. The zero-order valence-corrected chi connectivity index (χ0v) is 17.2. The Hall–Kier alpha value is -4.26. The molecule has 0 bridgehead atoms. The summed E-state index contributed by atoms with van der Waals surface area (Å²) in [5, 5.41) is 18.4. The van der Waals surface area contributed by atoms with Crippen LogP contribution in [0.5, 0.6) is 0 Å². The van der Waals surface area contributed by atoms with E-state index in [4.69, 9.17) is 5.11 Å². The number of aromatic nitrogens is 2. The molecule has 0 spiro atoms. The number of nitrogens with one attached hydrogen (secondary N) is 1.